The molecule has 2 aromatic carbocycles. The summed E-state index contributed by atoms with van der Waals surface area (Å²) in [6.45, 7) is 8.09. The molecule has 0 saturated heterocycles. The molecular weight excluding hydrogens is 314 g/mol. The van der Waals surface area contributed by atoms with E-state index in [2.05, 4.69) is 61.2 Å². The van der Waals surface area contributed by atoms with Crippen molar-refractivity contribution >= 4 is 23.2 Å². The van der Waals surface area contributed by atoms with E-state index in [1.807, 2.05) is 0 Å². The van der Waals surface area contributed by atoms with E-state index in [1.54, 1.807) is 16.7 Å². The van der Waals surface area contributed by atoms with Crippen LogP contribution < -0.4 is 0 Å². The average molecular weight is 342 g/mol. The maximum atomic E-state index is 2.62. The standard InChI is InChI=1S/C22H27N.ClH/c1-3-23(4-2)14-13-17-15-18-10-11-19(17)21-12-9-16-7-5-6-8-20(16)22(18)21;/h5-9,12,15,18-19H,3-4,10-11,13-14H2,1-2H3;1H. The van der Waals surface area contributed by atoms with Gasteiger partial charge in [-0.3, -0.25) is 0 Å². The average Bonchev–Trinajstić information content (AvgIpc) is 2.63. The molecule has 2 unspecified atom stereocenters. The second-order valence-electron chi connectivity index (χ2n) is 7.04. The molecule has 128 valence electrons. The molecule has 0 saturated carbocycles. The molecule has 0 amide bonds. The smallest absolute Gasteiger partial charge is 0.00523 e. The van der Waals surface area contributed by atoms with Gasteiger partial charge in [-0.1, -0.05) is 61.9 Å². The van der Waals surface area contributed by atoms with Gasteiger partial charge < -0.3 is 4.90 Å². The summed E-state index contributed by atoms with van der Waals surface area (Å²) in [4.78, 5) is 2.55. The molecule has 0 radical (unpaired) electrons. The van der Waals surface area contributed by atoms with E-state index in [-0.39, 0.29) is 12.4 Å². The number of hydrogen-bond acceptors (Lipinski definition) is 1. The van der Waals surface area contributed by atoms with Crippen molar-refractivity contribution in [1.82, 2.24) is 4.90 Å². The van der Waals surface area contributed by atoms with Crippen molar-refractivity contribution in [3.63, 3.8) is 0 Å². The fourth-order valence-corrected chi connectivity index (χ4v) is 4.69. The lowest BCUT2D eigenvalue weighted by atomic mass is 9.66. The van der Waals surface area contributed by atoms with E-state index in [4.69, 9.17) is 0 Å². The number of halogens is 1. The molecule has 24 heavy (non-hydrogen) atoms. The fourth-order valence-electron chi connectivity index (χ4n) is 4.69. The number of nitrogens with zero attached hydrogens (tertiary/aromatic N) is 1. The van der Waals surface area contributed by atoms with Gasteiger partial charge in [0.1, 0.15) is 0 Å². The molecule has 5 rings (SSSR count). The highest BCUT2D eigenvalue weighted by atomic mass is 35.5. The zero-order valence-corrected chi connectivity index (χ0v) is 15.6. The number of hydrogen-bond donors (Lipinski definition) is 0. The predicted octanol–water partition coefficient (Wildman–Crippen LogP) is 5.89. The lowest BCUT2D eigenvalue weighted by molar-refractivity contribution is 0.303. The van der Waals surface area contributed by atoms with Gasteiger partial charge in [-0.05, 0) is 54.3 Å². The van der Waals surface area contributed by atoms with E-state index in [0.29, 0.717) is 11.8 Å². The molecule has 0 aliphatic heterocycles. The van der Waals surface area contributed by atoms with Crippen LogP contribution in [0.4, 0.5) is 0 Å². The van der Waals surface area contributed by atoms with E-state index < -0.39 is 0 Å². The van der Waals surface area contributed by atoms with Crippen molar-refractivity contribution in [1.29, 1.82) is 0 Å². The van der Waals surface area contributed by atoms with Gasteiger partial charge in [0.15, 0.2) is 0 Å². The van der Waals surface area contributed by atoms with Crippen molar-refractivity contribution in [3.8, 4) is 0 Å². The normalized spacial score (nSPS) is 21.5. The van der Waals surface area contributed by atoms with Gasteiger partial charge in [-0.15, -0.1) is 12.4 Å². The molecule has 0 spiro atoms. The van der Waals surface area contributed by atoms with Crippen LogP contribution in [-0.4, -0.2) is 24.5 Å². The summed E-state index contributed by atoms with van der Waals surface area (Å²) in [6, 6.07) is 13.7. The van der Waals surface area contributed by atoms with Gasteiger partial charge in [-0.2, -0.15) is 0 Å². The van der Waals surface area contributed by atoms with Crippen LogP contribution in [0.5, 0.6) is 0 Å². The summed E-state index contributed by atoms with van der Waals surface area (Å²) >= 11 is 0. The topological polar surface area (TPSA) is 3.24 Å². The van der Waals surface area contributed by atoms with E-state index in [9.17, 15) is 0 Å². The number of rotatable bonds is 5. The third kappa shape index (κ3) is 2.89. The molecular formula is C22H28ClN. The van der Waals surface area contributed by atoms with Crippen LogP contribution in [0, 0.1) is 0 Å². The zero-order chi connectivity index (χ0) is 15.8. The highest BCUT2D eigenvalue weighted by Gasteiger charge is 2.34. The number of benzene rings is 2. The van der Waals surface area contributed by atoms with E-state index >= 15 is 0 Å². The first-order chi connectivity index (χ1) is 11.3. The zero-order valence-electron chi connectivity index (χ0n) is 14.8. The van der Waals surface area contributed by atoms with Gasteiger partial charge in [0.25, 0.3) is 0 Å². The maximum absolute atomic E-state index is 2.62. The molecule has 0 heterocycles. The monoisotopic (exact) mass is 341 g/mol. The minimum absolute atomic E-state index is 0. The third-order valence-corrected chi connectivity index (χ3v) is 5.99. The summed E-state index contributed by atoms with van der Waals surface area (Å²) in [5.74, 6) is 1.32. The first-order valence-electron chi connectivity index (χ1n) is 9.26. The summed E-state index contributed by atoms with van der Waals surface area (Å²) in [5, 5.41) is 2.88. The quantitative estimate of drug-likeness (QED) is 0.612. The summed E-state index contributed by atoms with van der Waals surface area (Å²) < 4.78 is 0. The van der Waals surface area contributed by atoms with Crippen LogP contribution in [0.2, 0.25) is 0 Å². The number of allylic oxidation sites excluding steroid dienone is 1. The first-order valence-corrected chi connectivity index (χ1v) is 9.26. The van der Waals surface area contributed by atoms with Gasteiger partial charge in [0.05, 0.1) is 0 Å². The van der Waals surface area contributed by atoms with Crippen LogP contribution in [0.25, 0.3) is 10.8 Å². The fraction of sp³-hybridized carbons (Fsp3) is 0.455. The van der Waals surface area contributed by atoms with Gasteiger partial charge >= 0.3 is 0 Å². The largest absolute Gasteiger partial charge is 0.304 e. The maximum Gasteiger partial charge on any atom is 0.00523 e. The highest BCUT2D eigenvalue weighted by Crippen LogP contribution is 2.51. The molecule has 3 aliphatic carbocycles. The Balaban J connectivity index is 0.00000169. The van der Waals surface area contributed by atoms with E-state index in [1.165, 1.54) is 49.7 Å². The molecule has 2 aromatic rings. The minimum Gasteiger partial charge on any atom is -0.304 e. The summed E-state index contributed by atoms with van der Waals surface area (Å²) in [5.41, 5.74) is 4.96. The molecule has 3 aliphatic rings. The van der Waals surface area contributed by atoms with Crippen LogP contribution >= 0.6 is 12.4 Å². The Kier molecular flexibility index (Phi) is 5.32. The molecule has 0 N–H and O–H groups in total. The Morgan fingerprint density at radius 2 is 1.79 bits per heavy atom. The van der Waals surface area contributed by atoms with Crippen molar-refractivity contribution in [2.75, 3.05) is 19.6 Å². The number of fused-ring (bicyclic) bond motifs is 2. The lowest BCUT2D eigenvalue weighted by Crippen LogP contribution is -2.27. The summed E-state index contributed by atoms with van der Waals surface area (Å²) in [6.07, 6.45) is 6.54. The highest BCUT2D eigenvalue weighted by molar-refractivity contribution is 5.88. The lowest BCUT2D eigenvalue weighted by Gasteiger charge is -2.39. The Bertz CT molecular complexity index is 745. The third-order valence-electron chi connectivity index (χ3n) is 5.99. The molecule has 0 aromatic heterocycles. The van der Waals surface area contributed by atoms with Gasteiger partial charge in [-0.25, -0.2) is 0 Å². The molecule has 2 atom stereocenters. The Morgan fingerprint density at radius 1 is 1.00 bits per heavy atom. The van der Waals surface area contributed by atoms with Crippen LogP contribution in [0.3, 0.4) is 0 Å². The van der Waals surface area contributed by atoms with E-state index in [0.717, 1.165) is 0 Å². The molecule has 2 bridgehead atoms. The molecule has 2 heteroatoms. The van der Waals surface area contributed by atoms with Crippen molar-refractivity contribution in [3.05, 3.63) is 59.2 Å². The Labute approximate surface area is 152 Å². The second-order valence-corrected chi connectivity index (χ2v) is 7.04. The van der Waals surface area contributed by atoms with Gasteiger partial charge in [0, 0.05) is 18.4 Å². The van der Waals surface area contributed by atoms with Crippen molar-refractivity contribution in [2.45, 2.75) is 44.9 Å². The predicted molar refractivity (Wildman–Crippen MR) is 106 cm³/mol. The molecule has 0 fully saturated rings. The van der Waals surface area contributed by atoms with Crippen LogP contribution in [0.1, 0.15) is 56.1 Å². The Morgan fingerprint density at radius 3 is 2.58 bits per heavy atom. The first kappa shape index (κ1) is 17.5. The SMILES string of the molecule is CCN(CC)CCC1=CC2CCC1c1ccc3ccccc3c12.Cl. The van der Waals surface area contributed by atoms with Crippen LogP contribution in [0.15, 0.2) is 48.0 Å². The molecule has 1 nitrogen and oxygen atoms in total. The van der Waals surface area contributed by atoms with Gasteiger partial charge in [0.2, 0.25) is 0 Å². The Hall–Kier alpha value is -1.31. The van der Waals surface area contributed by atoms with Crippen LogP contribution in [-0.2, 0) is 0 Å². The minimum atomic E-state index is 0. The van der Waals surface area contributed by atoms with Crippen molar-refractivity contribution in [2.24, 2.45) is 0 Å². The second kappa shape index (κ2) is 7.29. The summed E-state index contributed by atoms with van der Waals surface area (Å²) in [7, 11) is 0. The van der Waals surface area contributed by atoms with Crippen molar-refractivity contribution < 1.29 is 0 Å².